The van der Waals surface area contributed by atoms with Crippen molar-refractivity contribution in [3.05, 3.63) is 59.9 Å². The molecule has 7 heteroatoms. The van der Waals surface area contributed by atoms with Crippen LogP contribution in [0.5, 0.6) is 0 Å². The molecule has 0 saturated heterocycles. The van der Waals surface area contributed by atoms with Crippen LogP contribution in [0.4, 0.5) is 10.3 Å². The van der Waals surface area contributed by atoms with Crippen molar-refractivity contribution in [3.8, 4) is 0 Å². The second kappa shape index (κ2) is 8.49. The van der Waals surface area contributed by atoms with Crippen molar-refractivity contribution in [2.75, 3.05) is 18.1 Å². The molecule has 1 aliphatic heterocycles. The van der Waals surface area contributed by atoms with Crippen LogP contribution in [0.3, 0.4) is 0 Å². The van der Waals surface area contributed by atoms with Crippen LogP contribution in [-0.4, -0.2) is 34.6 Å². The Morgan fingerprint density at radius 3 is 2.68 bits per heavy atom. The summed E-state index contributed by atoms with van der Waals surface area (Å²) in [4.78, 5) is 33.0. The van der Waals surface area contributed by atoms with Crippen LogP contribution in [0.15, 0.2) is 48.5 Å². The first-order valence-corrected chi connectivity index (χ1v) is 10.6. The number of imidazole rings is 1. The van der Waals surface area contributed by atoms with Gasteiger partial charge in [0.2, 0.25) is 11.9 Å². The van der Waals surface area contributed by atoms with Gasteiger partial charge in [-0.05, 0) is 49.1 Å². The number of nitrogens with zero attached hydrogens (tertiary/aromatic N) is 3. The van der Waals surface area contributed by atoms with Gasteiger partial charge in [0.1, 0.15) is 5.82 Å². The van der Waals surface area contributed by atoms with Gasteiger partial charge in [-0.1, -0.05) is 38.1 Å². The van der Waals surface area contributed by atoms with Crippen molar-refractivity contribution in [1.29, 1.82) is 0 Å². The zero-order valence-corrected chi connectivity index (χ0v) is 17.9. The van der Waals surface area contributed by atoms with Gasteiger partial charge in [0.15, 0.2) is 5.92 Å². The molecule has 4 rings (SSSR count). The zero-order valence-electron chi connectivity index (χ0n) is 17.9. The SMILES string of the molecule is CCOC(=O)[C@H]1C(=O)N(CCC(C)C)c2nc3ccccc3n2[C@H]1c1cccc(F)c1. The third-order valence-corrected chi connectivity index (χ3v) is 5.61. The predicted octanol–water partition coefficient (Wildman–Crippen LogP) is 4.34. The molecule has 31 heavy (non-hydrogen) atoms. The average molecular weight is 423 g/mol. The Morgan fingerprint density at radius 2 is 1.97 bits per heavy atom. The van der Waals surface area contributed by atoms with Gasteiger partial charge < -0.3 is 9.30 Å². The molecule has 0 saturated carbocycles. The molecule has 0 N–H and O–H groups in total. The molecule has 1 aliphatic rings. The van der Waals surface area contributed by atoms with Gasteiger partial charge in [0.05, 0.1) is 23.7 Å². The normalized spacial score (nSPS) is 18.5. The quantitative estimate of drug-likeness (QED) is 0.437. The first-order chi connectivity index (χ1) is 14.9. The highest BCUT2D eigenvalue weighted by Gasteiger charge is 2.47. The number of aromatic nitrogens is 2. The molecule has 1 aromatic heterocycles. The van der Waals surface area contributed by atoms with Gasteiger partial charge in [-0.15, -0.1) is 0 Å². The van der Waals surface area contributed by atoms with E-state index >= 15 is 0 Å². The van der Waals surface area contributed by atoms with E-state index in [0.717, 1.165) is 11.9 Å². The van der Waals surface area contributed by atoms with Gasteiger partial charge in [-0.2, -0.15) is 0 Å². The van der Waals surface area contributed by atoms with Crippen molar-refractivity contribution in [2.24, 2.45) is 11.8 Å². The van der Waals surface area contributed by atoms with Crippen LogP contribution in [0.25, 0.3) is 11.0 Å². The molecule has 0 unspecified atom stereocenters. The van der Waals surface area contributed by atoms with E-state index in [0.29, 0.717) is 29.5 Å². The second-order valence-electron chi connectivity index (χ2n) is 8.17. The summed E-state index contributed by atoms with van der Waals surface area (Å²) < 4.78 is 21.3. The minimum atomic E-state index is -1.13. The lowest BCUT2D eigenvalue weighted by atomic mass is 9.89. The van der Waals surface area contributed by atoms with E-state index in [4.69, 9.17) is 9.72 Å². The van der Waals surface area contributed by atoms with Crippen LogP contribution in [0.1, 0.15) is 38.8 Å². The first-order valence-electron chi connectivity index (χ1n) is 10.6. The molecule has 0 spiro atoms. The van der Waals surface area contributed by atoms with Crippen LogP contribution < -0.4 is 4.90 Å². The van der Waals surface area contributed by atoms with E-state index in [-0.39, 0.29) is 12.5 Å². The van der Waals surface area contributed by atoms with Gasteiger partial charge >= 0.3 is 5.97 Å². The van der Waals surface area contributed by atoms with E-state index < -0.39 is 23.7 Å². The maximum Gasteiger partial charge on any atom is 0.321 e. The molecule has 0 bridgehead atoms. The van der Waals surface area contributed by atoms with Crippen molar-refractivity contribution in [3.63, 3.8) is 0 Å². The molecule has 2 heterocycles. The number of hydrogen-bond acceptors (Lipinski definition) is 4. The Labute approximate surface area is 180 Å². The fraction of sp³-hybridized carbons (Fsp3) is 0.375. The van der Waals surface area contributed by atoms with Crippen LogP contribution in [0.2, 0.25) is 0 Å². The number of amides is 1. The van der Waals surface area contributed by atoms with Crippen LogP contribution in [0, 0.1) is 17.7 Å². The molecule has 2 aromatic carbocycles. The molecule has 6 nitrogen and oxygen atoms in total. The third-order valence-electron chi connectivity index (χ3n) is 5.61. The Hall–Kier alpha value is -3.22. The molecular formula is C24H26FN3O3. The number of carbonyl (C=O) groups excluding carboxylic acids is 2. The van der Waals surface area contributed by atoms with Gasteiger partial charge in [-0.3, -0.25) is 14.5 Å². The molecule has 2 atom stereocenters. The van der Waals surface area contributed by atoms with Crippen LogP contribution in [-0.2, 0) is 14.3 Å². The average Bonchev–Trinajstić information content (AvgIpc) is 3.11. The molecule has 0 radical (unpaired) electrons. The Morgan fingerprint density at radius 1 is 1.19 bits per heavy atom. The summed E-state index contributed by atoms with van der Waals surface area (Å²) >= 11 is 0. The van der Waals surface area contributed by atoms with E-state index in [1.165, 1.54) is 12.1 Å². The maximum absolute atomic E-state index is 14.2. The van der Waals surface area contributed by atoms with Gasteiger partial charge in [0.25, 0.3) is 0 Å². The molecule has 0 fully saturated rings. The summed E-state index contributed by atoms with van der Waals surface area (Å²) in [5.74, 6) is -1.69. The number of hydrogen-bond donors (Lipinski definition) is 0. The molecule has 162 valence electrons. The number of benzene rings is 2. The molecular weight excluding hydrogens is 397 g/mol. The summed E-state index contributed by atoms with van der Waals surface area (Å²) in [7, 11) is 0. The number of esters is 1. The summed E-state index contributed by atoms with van der Waals surface area (Å²) in [6.07, 6.45) is 0.759. The highest BCUT2D eigenvalue weighted by Crippen LogP contribution is 2.41. The highest BCUT2D eigenvalue weighted by atomic mass is 19.1. The maximum atomic E-state index is 14.2. The largest absolute Gasteiger partial charge is 0.465 e. The smallest absolute Gasteiger partial charge is 0.321 e. The Kier molecular flexibility index (Phi) is 5.76. The van der Waals surface area contributed by atoms with E-state index in [1.54, 1.807) is 24.0 Å². The highest BCUT2D eigenvalue weighted by molar-refractivity contribution is 6.08. The van der Waals surface area contributed by atoms with Gasteiger partial charge in [-0.25, -0.2) is 9.37 Å². The lowest BCUT2D eigenvalue weighted by molar-refractivity contribution is -0.153. The number of anilines is 1. The van der Waals surface area contributed by atoms with E-state index in [1.807, 2.05) is 28.8 Å². The molecule has 0 aliphatic carbocycles. The minimum absolute atomic E-state index is 0.155. The third kappa shape index (κ3) is 3.80. The topological polar surface area (TPSA) is 64.4 Å². The lowest BCUT2D eigenvalue weighted by Crippen LogP contribution is -2.50. The Balaban J connectivity index is 1.97. The zero-order chi connectivity index (χ0) is 22.1. The number of halogens is 1. The number of carbonyl (C=O) groups is 2. The lowest BCUT2D eigenvalue weighted by Gasteiger charge is -2.38. The Bertz CT molecular complexity index is 1120. The minimum Gasteiger partial charge on any atom is -0.465 e. The standard InChI is InChI=1S/C24H26FN3O3/c1-4-31-23(30)20-21(16-8-7-9-17(25)14-16)28-19-11-6-5-10-18(19)26-24(28)27(22(20)29)13-12-15(2)3/h5-11,14-15,20-21H,4,12-13H2,1-3H3/t20-,21+/m1/s1. The molecule has 1 amide bonds. The van der Waals surface area contributed by atoms with Crippen LogP contribution >= 0.6 is 0 Å². The number of fused-ring (bicyclic) bond motifs is 3. The molecule has 3 aromatic rings. The fourth-order valence-electron chi connectivity index (χ4n) is 4.14. The predicted molar refractivity (Wildman–Crippen MR) is 116 cm³/mol. The summed E-state index contributed by atoms with van der Waals surface area (Å²) in [5, 5.41) is 0. The number of para-hydroxylation sites is 2. The van der Waals surface area contributed by atoms with Gasteiger partial charge in [0, 0.05) is 6.54 Å². The summed E-state index contributed by atoms with van der Waals surface area (Å²) in [5.41, 5.74) is 2.02. The first kappa shape index (κ1) is 21.0. The second-order valence-corrected chi connectivity index (χ2v) is 8.17. The van der Waals surface area contributed by atoms with Crippen molar-refractivity contribution < 1.29 is 18.7 Å². The number of ether oxygens (including phenoxy) is 1. The fourth-order valence-corrected chi connectivity index (χ4v) is 4.14. The summed E-state index contributed by atoms with van der Waals surface area (Å²) in [6, 6.07) is 12.8. The summed E-state index contributed by atoms with van der Waals surface area (Å²) in [6.45, 7) is 6.45. The number of rotatable bonds is 6. The van der Waals surface area contributed by atoms with E-state index in [9.17, 15) is 14.0 Å². The van der Waals surface area contributed by atoms with Crippen molar-refractivity contribution in [2.45, 2.75) is 33.2 Å². The van der Waals surface area contributed by atoms with E-state index in [2.05, 4.69) is 13.8 Å². The monoisotopic (exact) mass is 423 g/mol. The van der Waals surface area contributed by atoms with Crippen molar-refractivity contribution >= 4 is 28.9 Å². The van der Waals surface area contributed by atoms with Crippen molar-refractivity contribution in [1.82, 2.24) is 9.55 Å².